The highest BCUT2D eigenvalue weighted by Gasteiger charge is 2.30. The van der Waals surface area contributed by atoms with Crippen LogP contribution in [-0.4, -0.2) is 43.3 Å². The smallest absolute Gasteiger partial charge is 0.326 e. The normalized spacial score (nSPS) is 11.4. The number of ether oxygens (including phenoxy) is 2. The van der Waals surface area contributed by atoms with E-state index < -0.39 is 22.5 Å². The second-order valence-corrected chi connectivity index (χ2v) is 11.3. The van der Waals surface area contributed by atoms with E-state index >= 15 is 0 Å². The molecule has 0 saturated carbocycles. The Morgan fingerprint density at radius 1 is 1.02 bits per heavy atom. The van der Waals surface area contributed by atoms with Crippen LogP contribution in [0.1, 0.15) is 23.7 Å². The van der Waals surface area contributed by atoms with Gasteiger partial charge in [-0.2, -0.15) is 0 Å². The zero-order chi connectivity index (χ0) is 29.9. The van der Waals surface area contributed by atoms with Crippen LogP contribution in [0.4, 0.5) is 5.69 Å². The van der Waals surface area contributed by atoms with Gasteiger partial charge >= 0.3 is 5.97 Å². The number of carbonyl (C=O) groups excluding carboxylic acids is 1. The van der Waals surface area contributed by atoms with Gasteiger partial charge in [-0.1, -0.05) is 24.3 Å². The highest BCUT2D eigenvalue weighted by Crippen LogP contribution is 2.31. The van der Waals surface area contributed by atoms with E-state index in [1.54, 1.807) is 73.7 Å². The van der Waals surface area contributed by atoms with Gasteiger partial charge in [0.05, 0.1) is 29.0 Å². The van der Waals surface area contributed by atoms with Crippen molar-refractivity contribution in [1.82, 2.24) is 9.97 Å². The van der Waals surface area contributed by atoms with Crippen molar-refractivity contribution in [3.8, 4) is 5.75 Å². The van der Waals surface area contributed by atoms with E-state index in [-0.39, 0.29) is 29.6 Å². The molecule has 10 nitrogen and oxygen atoms in total. The molecule has 3 aromatic carbocycles. The van der Waals surface area contributed by atoms with Crippen LogP contribution in [0.5, 0.6) is 5.75 Å². The Balaban J connectivity index is 1.53. The molecular weight excluding hydrogens is 554 g/mol. The number of carbonyl (C=O) groups is 1. The molecule has 214 valence electrons. The number of pyridine rings is 2. The lowest BCUT2D eigenvalue weighted by molar-refractivity contribution is -0.141. The van der Waals surface area contributed by atoms with E-state index in [9.17, 15) is 13.2 Å². The van der Waals surface area contributed by atoms with Gasteiger partial charge in [-0.15, -0.1) is 0 Å². The summed E-state index contributed by atoms with van der Waals surface area (Å²) in [5, 5.41) is 9.01. The Morgan fingerprint density at radius 2 is 1.79 bits per heavy atom. The summed E-state index contributed by atoms with van der Waals surface area (Å²) in [6, 6.07) is 22.2. The van der Waals surface area contributed by atoms with Gasteiger partial charge in [0.25, 0.3) is 10.0 Å². The van der Waals surface area contributed by atoms with Gasteiger partial charge in [-0.25, -0.2) is 13.4 Å². The number of nitrogens with one attached hydrogen (secondary N) is 1. The molecule has 0 amide bonds. The first-order valence-electron chi connectivity index (χ1n) is 13.2. The molecule has 0 unspecified atom stereocenters. The number of fused-ring (bicyclic) bond motifs is 2. The summed E-state index contributed by atoms with van der Waals surface area (Å²) in [6.45, 7) is 3.34. The zero-order valence-corrected chi connectivity index (χ0v) is 23.9. The Bertz CT molecular complexity index is 1900. The van der Waals surface area contributed by atoms with Crippen molar-refractivity contribution in [1.29, 1.82) is 5.41 Å². The third kappa shape index (κ3) is 5.86. The van der Waals surface area contributed by atoms with Crippen molar-refractivity contribution in [3.05, 3.63) is 102 Å². The molecule has 0 bridgehead atoms. The van der Waals surface area contributed by atoms with E-state index in [4.69, 9.17) is 25.6 Å². The van der Waals surface area contributed by atoms with Crippen LogP contribution >= 0.6 is 0 Å². The largest absolute Gasteiger partial charge is 0.487 e. The molecule has 0 atom stereocenters. The Labute approximate surface area is 243 Å². The average Bonchev–Trinajstić information content (AvgIpc) is 2.98. The molecule has 0 aliphatic rings. The van der Waals surface area contributed by atoms with Crippen LogP contribution in [0.3, 0.4) is 0 Å². The van der Waals surface area contributed by atoms with E-state index in [1.807, 2.05) is 13.0 Å². The number of hydrogen-bond donors (Lipinski definition) is 2. The molecule has 5 rings (SSSR count). The van der Waals surface area contributed by atoms with Crippen molar-refractivity contribution >= 4 is 49.3 Å². The number of para-hydroxylation sites is 1. The first kappa shape index (κ1) is 28.5. The number of rotatable bonds is 10. The maximum absolute atomic E-state index is 14.1. The SMILES string of the molecule is CCOC(=O)CN(c1ccc2c(C)cc(COc3ccc(C(=N)N)cc3)nc2c1)S(=O)(=O)c1cccc2cccnc12. The third-order valence-electron chi connectivity index (χ3n) is 6.64. The molecule has 0 fully saturated rings. The molecule has 0 spiro atoms. The molecule has 0 aliphatic carbocycles. The summed E-state index contributed by atoms with van der Waals surface area (Å²) in [4.78, 5) is 21.6. The first-order valence-corrected chi connectivity index (χ1v) is 14.6. The Morgan fingerprint density at radius 3 is 2.52 bits per heavy atom. The number of benzene rings is 3. The number of aromatic nitrogens is 2. The maximum atomic E-state index is 14.1. The number of anilines is 1. The number of nitrogen functional groups attached to an aromatic ring is 1. The molecule has 0 radical (unpaired) electrons. The number of hydrogen-bond acceptors (Lipinski definition) is 8. The second-order valence-electron chi connectivity index (χ2n) is 9.51. The molecule has 0 saturated heterocycles. The van der Waals surface area contributed by atoms with Gasteiger partial charge in [0.15, 0.2) is 0 Å². The Kier molecular flexibility index (Phi) is 8.03. The number of nitrogens with two attached hydrogens (primary N) is 1. The number of esters is 1. The third-order valence-corrected chi connectivity index (χ3v) is 8.44. The second kappa shape index (κ2) is 11.8. The molecular formula is C31H29N5O5S. The number of nitrogens with zero attached hydrogens (tertiary/aromatic N) is 3. The van der Waals surface area contributed by atoms with E-state index in [0.717, 1.165) is 15.3 Å². The van der Waals surface area contributed by atoms with Gasteiger partial charge in [-0.3, -0.25) is 19.5 Å². The minimum Gasteiger partial charge on any atom is -0.487 e. The van der Waals surface area contributed by atoms with E-state index in [1.165, 1.54) is 12.3 Å². The monoisotopic (exact) mass is 583 g/mol. The molecule has 2 aromatic heterocycles. The molecule has 11 heteroatoms. The van der Waals surface area contributed by atoms with Crippen molar-refractivity contribution in [3.63, 3.8) is 0 Å². The van der Waals surface area contributed by atoms with Gasteiger partial charge < -0.3 is 15.2 Å². The highest BCUT2D eigenvalue weighted by atomic mass is 32.2. The lowest BCUT2D eigenvalue weighted by Gasteiger charge is -2.24. The zero-order valence-electron chi connectivity index (χ0n) is 23.1. The predicted octanol–water partition coefficient (Wildman–Crippen LogP) is 4.71. The van der Waals surface area contributed by atoms with Crippen LogP contribution in [-0.2, 0) is 26.2 Å². The van der Waals surface area contributed by atoms with Crippen LogP contribution in [0.2, 0.25) is 0 Å². The first-order chi connectivity index (χ1) is 20.2. The minimum atomic E-state index is -4.25. The average molecular weight is 584 g/mol. The topological polar surface area (TPSA) is 149 Å². The minimum absolute atomic E-state index is 0.0212. The highest BCUT2D eigenvalue weighted by molar-refractivity contribution is 7.93. The molecule has 42 heavy (non-hydrogen) atoms. The summed E-state index contributed by atoms with van der Waals surface area (Å²) in [7, 11) is -4.25. The molecule has 0 aliphatic heterocycles. The predicted molar refractivity (Wildman–Crippen MR) is 161 cm³/mol. The molecule has 2 heterocycles. The van der Waals surface area contributed by atoms with Crippen molar-refractivity contribution in [2.75, 3.05) is 17.5 Å². The van der Waals surface area contributed by atoms with Crippen LogP contribution < -0.4 is 14.8 Å². The number of amidine groups is 1. The van der Waals surface area contributed by atoms with E-state index in [2.05, 4.69) is 4.98 Å². The van der Waals surface area contributed by atoms with Crippen LogP contribution in [0, 0.1) is 12.3 Å². The summed E-state index contributed by atoms with van der Waals surface area (Å²) in [6.07, 6.45) is 1.53. The Hall–Kier alpha value is -5.03. The lowest BCUT2D eigenvalue weighted by atomic mass is 10.1. The van der Waals surface area contributed by atoms with Gasteiger partial charge in [0.2, 0.25) is 0 Å². The quantitative estimate of drug-likeness (QED) is 0.136. The van der Waals surface area contributed by atoms with Crippen LogP contribution in [0.25, 0.3) is 21.8 Å². The fourth-order valence-corrected chi connectivity index (χ4v) is 6.19. The molecule has 3 N–H and O–H groups in total. The fourth-order valence-electron chi connectivity index (χ4n) is 4.62. The summed E-state index contributed by atoms with van der Waals surface area (Å²) < 4.78 is 40.2. The van der Waals surface area contributed by atoms with Crippen molar-refractivity contribution in [2.45, 2.75) is 25.3 Å². The maximum Gasteiger partial charge on any atom is 0.326 e. The van der Waals surface area contributed by atoms with Gasteiger partial charge in [0.1, 0.15) is 29.6 Å². The number of sulfonamides is 1. The summed E-state index contributed by atoms with van der Waals surface area (Å²) >= 11 is 0. The van der Waals surface area contributed by atoms with Crippen molar-refractivity contribution < 1.29 is 22.7 Å². The standard InChI is InChI=1S/C31H29N5O5S/c1-3-40-29(37)18-36(42(38,39)28-8-4-6-21-7-5-15-34-30(21)28)24-11-14-26-20(2)16-23(35-27(26)17-24)19-41-25-12-9-22(10-13-25)31(32)33/h4-17H,3,18-19H2,1-2H3,(H3,32,33). The van der Waals surface area contributed by atoms with E-state index in [0.29, 0.717) is 33.4 Å². The van der Waals surface area contributed by atoms with Crippen molar-refractivity contribution in [2.24, 2.45) is 5.73 Å². The summed E-state index contributed by atoms with van der Waals surface area (Å²) in [5.41, 5.74) is 8.77. The lowest BCUT2D eigenvalue weighted by Crippen LogP contribution is -2.36. The summed E-state index contributed by atoms with van der Waals surface area (Å²) in [5.74, 6) is -0.125. The molecule has 5 aromatic rings. The fraction of sp³-hybridized carbons (Fsp3) is 0.161. The van der Waals surface area contributed by atoms with Gasteiger partial charge in [0, 0.05) is 22.5 Å². The van der Waals surface area contributed by atoms with Crippen LogP contribution in [0.15, 0.2) is 90.0 Å². The number of aryl methyl sites for hydroxylation is 1. The van der Waals surface area contributed by atoms with Gasteiger partial charge in [-0.05, 0) is 74.0 Å².